The highest BCUT2D eigenvalue weighted by molar-refractivity contribution is 7.13. The van der Waals surface area contributed by atoms with E-state index in [1.54, 1.807) is 5.38 Å². The average Bonchev–Trinajstić information content (AvgIpc) is 3.10. The van der Waals surface area contributed by atoms with Gasteiger partial charge in [0, 0.05) is 25.0 Å². The van der Waals surface area contributed by atoms with Gasteiger partial charge >= 0.3 is 5.97 Å². The Morgan fingerprint density at radius 3 is 2.60 bits per heavy atom. The number of piperidine rings is 1. The van der Waals surface area contributed by atoms with Crippen LogP contribution in [0.25, 0.3) is 0 Å². The lowest BCUT2D eigenvalue weighted by Gasteiger charge is -2.33. The summed E-state index contributed by atoms with van der Waals surface area (Å²) in [5, 5.41) is 11.4. The summed E-state index contributed by atoms with van der Waals surface area (Å²) in [4.78, 5) is 19.9. The van der Waals surface area contributed by atoms with Gasteiger partial charge in [-0.05, 0) is 44.7 Å². The van der Waals surface area contributed by atoms with E-state index >= 15 is 0 Å². The van der Waals surface area contributed by atoms with Crippen molar-refractivity contribution in [3.05, 3.63) is 11.1 Å². The molecule has 0 saturated carbocycles. The molecule has 0 unspecified atom stereocenters. The summed E-state index contributed by atoms with van der Waals surface area (Å²) in [7, 11) is 0. The lowest BCUT2D eigenvalue weighted by Crippen LogP contribution is -2.38. The smallest absolute Gasteiger partial charge is 0.355 e. The van der Waals surface area contributed by atoms with Crippen molar-refractivity contribution in [2.24, 2.45) is 5.92 Å². The Balaban J connectivity index is 1.51. The van der Waals surface area contributed by atoms with E-state index in [4.69, 9.17) is 5.11 Å². The molecule has 1 aromatic rings. The monoisotopic (exact) mass is 295 g/mol. The molecule has 0 aliphatic carbocycles. The van der Waals surface area contributed by atoms with E-state index in [2.05, 4.69) is 14.8 Å². The molecule has 1 N–H and O–H groups in total. The van der Waals surface area contributed by atoms with Crippen LogP contribution < -0.4 is 4.90 Å². The minimum absolute atomic E-state index is 0.171. The highest BCUT2D eigenvalue weighted by Crippen LogP contribution is 2.27. The number of likely N-dealkylation sites (tertiary alicyclic amines) is 1. The Bertz CT molecular complexity index is 463. The summed E-state index contributed by atoms with van der Waals surface area (Å²) < 4.78 is 0. The van der Waals surface area contributed by atoms with Crippen LogP contribution in [0.5, 0.6) is 0 Å². The molecule has 0 amide bonds. The van der Waals surface area contributed by atoms with Crippen LogP contribution in [0.4, 0.5) is 5.13 Å². The molecule has 0 bridgehead atoms. The largest absolute Gasteiger partial charge is 0.476 e. The molecular weight excluding hydrogens is 274 g/mol. The second-order valence-electron chi connectivity index (χ2n) is 5.76. The van der Waals surface area contributed by atoms with Gasteiger partial charge in [-0.3, -0.25) is 0 Å². The Kier molecular flexibility index (Phi) is 4.21. The zero-order valence-corrected chi connectivity index (χ0v) is 12.4. The number of rotatable bonds is 4. The fourth-order valence-electron chi connectivity index (χ4n) is 3.14. The predicted octanol–water partition coefficient (Wildman–Crippen LogP) is 2.15. The van der Waals surface area contributed by atoms with Gasteiger partial charge in [0.25, 0.3) is 0 Å². The number of anilines is 1. The Labute approximate surface area is 123 Å². The zero-order valence-electron chi connectivity index (χ0n) is 11.6. The number of hydrogen-bond acceptors (Lipinski definition) is 5. The van der Waals surface area contributed by atoms with Gasteiger partial charge < -0.3 is 14.9 Å². The second kappa shape index (κ2) is 6.10. The first kappa shape index (κ1) is 13.8. The van der Waals surface area contributed by atoms with Crippen molar-refractivity contribution in [1.29, 1.82) is 0 Å². The van der Waals surface area contributed by atoms with E-state index in [1.165, 1.54) is 56.7 Å². The zero-order chi connectivity index (χ0) is 13.9. The number of hydrogen-bond donors (Lipinski definition) is 1. The first-order chi connectivity index (χ1) is 9.72. The van der Waals surface area contributed by atoms with Gasteiger partial charge in [0.15, 0.2) is 10.8 Å². The molecule has 0 aromatic carbocycles. The third kappa shape index (κ3) is 3.12. The van der Waals surface area contributed by atoms with Crippen molar-refractivity contribution in [1.82, 2.24) is 9.88 Å². The van der Waals surface area contributed by atoms with Gasteiger partial charge in [-0.25, -0.2) is 9.78 Å². The van der Waals surface area contributed by atoms with Crippen molar-refractivity contribution < 1.29 is 9.90 Å². The summed E-state index contributed by atoms with van der Waals surface area (Å²) in [6.45, 7) is 5.80. The summed E-state index contributed by atoms with van der Waals surface area (Å²) in [6.07, 6.45) is 5.10. The van der Waals surface area contributed by atoms with E-state index < -0.39 is 5.97 Å². The van der Waals surface area contributed by atoms with Crippen LogP contribution in [0.15, 0.2) is 5.38 Å². The van der Waals surface area contributed by atoms with E-state index in [1.807, 2.05) is 0 Å². The number of nitrogens with zero attached hydrogens (tertiary/aromatic N) is 3. The van der Waals surface area contributed by atoms with Crippen LogP contribution in [-0.4, -0.2) is 53.7 Å². The number of carbonyl (C=O) groups is 1. The molecule has 2 fully saturated rings. The molecule has 110 valence electrons. The molecule has 0 atom stereocenters. The van der Waals surface area contributed by atoms with Gasteiger partial charge in [-0.1, -0.05) is 0 Å². The van der Waals surface area contributed by atoms with E-state index in [0.717, 1.165) is 24.1 Å². The molecule has 6 heteroatoms. The molecule has 0 radical (unpaired) electrons. The van der Waals surface area contributed by atoms with Crippen LogP contribution in [0.3, 0.4) is 0 Å². The SMILES string of the molecule is O=C(O)c1csc(N2CCC(CN3CCCC3)CC2)n1. The van der Waals surface area contributed by atoms with Crippen molar-refractivity contribution in [2.45, 2.75) is 25.7 Å². The van der Waals surface area contributed by atoms with Crippen molar-refractivity contribution >= 4 is 22.4 Å². The van der Waals surface area contributed by atoms with Gasteiger partial charge in [0.2, 0.25) is 0 Å². The molecular formula is C14H21N3O2S. The number of aromatic carboxylic acids is 1. The lowest BCUT2D eigenvalue weighted by atomic mass is 9.96. The Morgan fingerprint density at radius 2 is 2.00 bits per heavy atom. The quantitative estimate of drug-likeness (QED) is 0.922. The fraction of sp³-hybridized carbons (Fsp3) is 0.714. The summed E-state index contributed by atoms with van der Waals surface area (Å²) >= 11 is 1.44. The highest BCUT2D eigenvalue weighted by Gasteiger charge is 2.24. The number of thiazole rings is 1. The number of carboxylic acids is 1. The van der Waals surface area contributed by atoms with Gasteiger partial charge in [-0.15, -0.1) is 11.3 Å². The van der Waals surface area contributed by atoms with Crippen LogP contribution >= 0.6 is 11.3 Å². The maximum atomic E-state index is 10.9. The van der Waals surface area contributed by atoms with Gasteiger partial charge in [-0.2, -0.15) is 0 Å². The summed E-state index contributed by atoms with van der Waals surface area (Å²) in [5.41, 5.74) is 0.171. The third-order valence-electron chi connectivity index (χ3n) is 4.31. The highest BCUT2D eigenvalue weighted by atomic mass is 32.1. The molecule has 5 nitrogen and oxygen atoms in total. The van der Waals surface area contributed by atoms with Crippen LogP contribution in [0.2, 0.25) is 0 Å². The molecule has 20 heavy (non-hydrogen) atoms. The number of aromatic nitrogens is 1. The first-order valence-electron chi connectivity index (χ1n) is 7.38. The topological polar surface area (TPSA) is 56.7 Å². The van der Waals surface area contributed by atoms with E-state index in [-0.39, 0.29) is 5.69 Å². The summed E-state index contributed by atoms with van der Waals surface area (Å²) in [5.74, 6) is -0.139. The third-order valence-corrected chi connectivity index (χ3v) is 5.21. The molecule has 2 aliphatic heterocycles. The first-order valence-corrected chi connectivity index (χ1v) is 8.26. The van der Waals surface area contributed by atoms with E-state index in [9.17, 15) is 4.79 Å². The molecule has 3 rings (SSSR count). The summed E-state index contributed by atoms with van der Waals surface area (Å²) in [6, 6.07) is 0. The van der Waals surface area contributed by atoms with Gasteiger partial charge in [0.1, 0.15) is 0 Å². The molecule has 1 aromatic heterocycles. The standard InChI is InChI=1S/C14H21N3O2S/c18-13(19)12-10-20-14(15-12)17-7-3-11(4-8-17)9-16-5-1-2-6-16/h10-11H,1-9H2,(H,18,19). The fourth-order valence-corrected chi connectivity index (χ4v) is 4.00. The van der Waals surface area contributed by atoms with Crippen molar-refractivity contribution in [2.75, 3.05) is 37.6 Å². The Hall–Kier alpha value is -1.14. The molecule has 2 saturated heterocycles. The number of carboxylic acid groups (broad SMARTS) is 1. The van der Waals surface area contributed by atoms with E-state index in [0.29, 0.717) is 0 Å². The van der Waals surface area contributed by atoms with Crippen LogP contribution in [0.1, 0.15) is 36.2 Å². The van der Waals surface area contributed by atoms with Crippen molar-refractivity contribution in [3.8, 4) is 0 Å². The predicted molar refractivity (Wildman–Crippen MR) is 79.7 cm³/mol. The minimum Gasteiger partial charge on any atom is -0.476 e. The average molecular weight is 295 g/mol. The van der Waals surface area contributed by atoms with Gasteiger partial charge in [0.05, 0.1) is 0 Å². The molecule has 0 spiro atoms. The maximum absolute atomic E-state index is 10.9. The normalized spacial score (nSPS) is 21.5. The Morgan fingerprint density at radius 1 is 1.30 bits per heavy atom. The second-order valence-corrected chi connectivity index (χ2v) is 6.60. The molecule has 2 aliphatic rings. The lowest BCUT2D eigenvalue weighted by molar-refractivity contribution is 0.0691. The molecule has 3 heterocycles. The van der Waals surface area contributed by atoms with Crippen LogP contribution in [0, 0.1) is 5.92 Å². The minimum atomic E-state index is -0.934. The van der Waals surface area contributed by atoms with Crippen molar-refractivity contribution in [3.63, 3.8) is 0 Å². The maximum Gasteiger partial charge on any atom is 0.355 e. The van der Waals surface area contributed by atoms with Crippen LogP contribution in [-0.2, 0) is 0 Å².